The van der Waals surface area contributed by atoms with Crippen LogP contribution in [-0.2, 0) is 6.42 Å². The summed E-state index contributed by atoms with van der Waals surface area (Å²) in [5.41, 5.74) is 1.96. The zero-order valence-corrected chi connectivity index (χ0v) is 6.99. The molecule has 0 bridgehead atoms. The van der Waals surface area contributed by atoms with Gasteiger partial charge in [-0.1, -0.05) is 19.1 Å². The van der Waals surface area contributed by atoms with E-state index in [1.165, 1.54) is 0 Å². The topological polar surface area (TPSA) is 17.8 Å². The molecule has 1 aromatic heterocycles. The molecule has 0 amide bonds. The van der Waals surface area contributed by atoms with Crippen LogP contribution in [-0.4, -0.2) is 9.55 Å². The summed E-state index contributed by atoms with van der Waals surface area (Å²) in [6.45, 7) is 2.05. The Bertz CT molecular complexity index is 401. The molecular formula is C10H10N2. The van der Waals surface area contributed by atoms with Crippen LogP contribution in [0.5, 0.6) is 0 Å². The number of rotatable bonds is 1. The number of imidazole rings is 1. The van der Waals surface area contributed by atoms with Crippen molar-refractivity contribution >= 4 is 11.0 Å². The Morgan fingerprint density at radius 3 is 2.83 bits per heavy atom. The van der Waals surface area contributed by atoms with Crippen LogP contribution in [0.25, 0.3) is 11.0 Å². The van der Waals surface area contributed by atoms with Gasteiger partial charge in [-0.3, -0.25) is 0 Å². The van der Waals surface area contributed by atoms with Gasteiger partial charge in [-0.25, -0.2) is 4.98 Å². The molecule has 0 aliphatic heterocycles. The fourth-order valence-corrected chi connectivity index (χ4v) is 1.34. The molecule has 0 N–H and O–H groups in total. The minimum absolute atomic E-state index is 0.866. The minimum Gasteiger partial charge on any atom is -0.320 e. The largest absolute Gasteiger partial charge is 0.320 e. The first-order chi connectivity index (χ1) is 5.83. The maximum atomic E-state index is 5.80. The molecule has 2 aromatic rings. The predicted octanol–water partition coefficient (Wildman–Crippen LogP) is 2.12. The number of para-hydroxylation sites is 2. The van der Waals surface area contributed by atoms with E-state index < -0.39 is 0 Å². The monoisotopic (exact) mass is 158 g/mol. The minimum atomic E-state index is 0.866. The van der Waals surface area contributed by atoms with Crippen molar-refractivity contribution in [1.82, 2.24) is 9.55 Å². The van der Waals surface area contributed by atoms with E-state index in [0.29, 0.717) is 0 Å². The zero-order chi connectivity index (χ0) is 8.55. The Labute approximate surface area is 71.8 Å². The molecule has 12 heavy (non-hydrogen) atoms. The Hall–Kier alpha value is -1.31. The molecule has 2 heteroatoms. The van der Waals surface area contributed by atoms with Gasteiger partial charge in [-0.15, -0.1) is 0 Å². The summed E-state index contributed by atoms with van der Waals surface area (Å²) < 4.78 is 1.65. The highest BCUT2D eigenvalue weighted by atomic mass is 15.1. The van der Waals surface area contributed by atoms with Gasteiger partial charge in [0.15, 0.2) is 0 Å². The highest BCUT2D eigenvalue weighted by molar-refractivity contribution is 5.76. The van der Waals surface area contributed by atoms with Crippen LogP contribution in [0.2, 0.25) is 0 Å². The molecule has 2 rings (SSSR count). The molecule has 0 atom stereocenters. The molecule has 0 aliphatic carbocycles. The summed E-state index contributed by atoms with van der Waals surface area (Å²) in [7, 11) is 5.80. The van der Waals surface area contributed by atoms with Crippen molar-refractivity contribution in [3.8, 4) is 0 Å². The summed E-state index contributed by atoms with van der Waals surface area (Å²) in [5, 5.41) is 0. The molecule has 0 unspecified atom stereocenters. The van der Waals surface area contributed by atoms with Crippen LogP contribution in [0.3, 0.4) is 0 Å². The normalized spacial score (nSPS) is 10.8. The Kier molecular flexibility index (Phi) is 1.61. The van der Waals surface area contributed by atoms with Crippen LogP contribution in [0.4, 0.5) is 0 Å². The third kappa shape index (κ3) is 0.916. The average molecular weight is 158 g/mol. The lowest BCUT2D eigenvalue weighted by Gasteiger charge is -1.95. The molecule has 60 valence electrons. The first-order valence-corrected chi connectivity index (χ1v) is 4.04. The van der Waals surface area contributed by atoms with Crippen LogP contribution in [0.15, 0.2) is 24.3 Å². The fourth-order valence-electron chi connectivity index (χ4n) is 1.34. The molecule has 1 aromatic carbocycles. The van der Waals surface area contributed by atoms with Gasteiger partial charge in [0.25, 0.3) is 0 Å². The SMILES string of the molecule is [CH]n1c(CC)nc2ccccc21. The van der Waals surface area contributed by atoms with Gasteiger partial charge < -0.3 is 4.57 Å². The molecule has 0 aliphatic rings. The number of aromatic nitrogens is 2. The molecule has 2 nitrogen and oxygen atoms in total. The molecular weight excluding hydrogens is 148 g/mol. The van der Waals surface area contributed by atoms with E-state index in [-0.39, 0.29) is 0 Å². The summed E-state index contributed by atoms with van der Waals surface area (Å²) >= 11 is 0. The van der Waals surface area contributed by atoms with Gasteiger partial charge in [-0.05, 0) is 12.1 Å². The van der Waals surface area contributed by atoms with E-state index in [2.05, 4.69) is 4.98 Å². The number of nitrogens with zero attached hydrogens (tertiary/aromatic N) is 2. The van der Waals surface area contributed by atoms with Crippen molar-refractivity contribution in [1.29, 1.82) is 0 Å². The second-order valence-electron chi connectivity index (χ2n) is 2.74. The van der Waals surface area contributed by atoms with Crippen molar-refractivity contribution in [2.75, 3.05) is 0 Å². The highest BCUT2D eigenvalue weighted by Gasteiger charge is 2.03. The third-order valence-corrected chi connectivity index (χ3v) is 1.99. The number of hydrogen-bond donors (Lipinski definition) is 0. The van der Waals surface area contributed by atoms with Crippen molar-refractivity contribution in [3.63, 3.8) is 0 Å². The highest BCUT2D eigenvalue weighted by Crippen LogP contribution is 2.14. The summed E-state index contributed by atoms with van der Waals surface area (Å²) in [5.74, 6) is 0.927. The Balaban J connectivity index is 2.78. The molecule has 0 spiro atoms. The summed E-state index contributed by atoms with van der Waals surface area (Å²) in [6, 6.07) is 7.88. The van der Waals surface area contributed by atoms with E-state index in [1.807, 2.05) is 31.2 Å². The van der Waals surface area contributed by atoms with Crippen LogP contribution in [0, 0.1) is 7.05 Å². The van der Waals surface area contributed by atoms with E-state index in [0.717, 1.165) is 23.3 Å². The van der Waals surface area contributed by atoms with E-state index in [9.17, 15) is 0 Å². The maximum Gasteiger partial charge on any atom is 0.109 e. The van der Waals surface area contributed by atoms with Gasteiger partial charge in [0.05, 0.1) is 18.1 Å². The first-order valence-electron chi connectivity index (χ1n) is 4.04. The van der Waals surface area contributed by atoms with Crippen LogP contribution in [0.1, 0.15) is 12.7 Å². The Morgan fingerprint density at radius 1 is 1.42 bits per heavy atom. The van der Waals surface area contributed by atoms with Crippen LogP contribution >= 0.6 is 0 Å². The average Bonchev–Trinajstić information content (AvgIpc) is 2.44. The number of aryl methyl sites for hydroxylation is 1. The second-order valence-corrected chi connectivity index (χ2v) is 2.74. The number of fused-ring (bicyclic) bond motifs is 1. The first kappa shape index (κ1) is 7.35. The van der Waals surface area contributed by atoms with E-state index >= 15 is 0 Å². The lowest BCUT2D eigenvalue weighted by atomic mass is 10.3. The van der Waals surface area contributed by atoms with Crippen molar-refractivity contribution in [3.05, 3.63) is 37.1 Å². The number of hydrogen-bond acceptors (Lipinski definition) is 1. The quantitative estimate of drug-likeness (QED) is 0.621. The van der Waals surface area contributed by atoms with Crippen molar-refractivity contribution in [2.24, 2.45) is 0 Å². The maximum absolute atomic E-state index is 5.80. The lowest BCUT2D eigenvalue weighted by Crippen LogP contribution is -1.92. The zero-order valence-electron chi connectivity index (χ0n) is 6.99. The standard InChI is InChI=1S/C10H10N2/c1-3-10-11-8-6-4-5-7-9(8)12(10)2/h2,4-7H,3H2,1H3. The summed E-state index contributed by atoms with van der Waals surface area (Å²) in [6.07, 6.45) is 0.866. The summed E-state index contributed by atoms with van der Waals surface area (Å²) in [4.78, 5) is 4.37. The van der Waals surface area contributed by atoms with Gasteiger partial charge in [0, 0.05) is 6.42 Å². The fraction of sp³-hybridized carbons (Fsp3) is 0.200. The lowest BCUT2D eigenvalue weighted by molar-refractivity contribution is 0.907. The second kappa shape index (κ2) is 2.63. The molecule has 0 saturated heterocycles. The smallest absolute Gasteiger partial charge is 0.109 e. The van der Waals surface area contributed by atoms with E-state index in [4.69, 9.17) is 7.05 Å². The number of benzene rings is 1. The predicted molar refractivity (Wildman–Crippen MR) is 48.8 cm³/mol. The Morgan fingerprint density at radius 2 is 2.17 bits per heavy atom. The van der Waals surface area contributed by atoms with Gasteiger partial charge in [0.1, 0.15) is 5.82 Å². The van der Waals surface area contributed by atoms with Crippen molar-refractivity contribution in [2.45, 2.75) is 13.3 Å². The molecule has 0 saturated carbocycles. The van der Waals surface area contributed by atoms with Gasteiger partial charge >= 0.3 is 0 Å². The van der Waals surface area contributed by atoms with E-state index in [1.54, 1.807) is 4.57 Å². The van der Waals surface area contributed by atoms with Gasteiger partial charge in [0.2, 0.25) is 0 Å². The van der Waals surface area contributed by atoms with Crippen LogP contribution < -0.4 is 0 Å². The molecule has 2 radical (unpaired) electrons. The third-order valence-electron chi connectivity index (χ3n) is 1.99. The molecule has 1 heterocycles. The van der Waals surface area contributed by atoms with Crippen molar-refractivity contribution < 1.29 is 0 Å². The van der Waals surface area contributed by atoms with Gasteiger partial charge in [-0.2, -0.15) is 0 Å². The molecule has 0 fully saturated rings.